The first-order valence-corrected chi connectivity index (χ1v) is 7.94. The van der Waals surface area contributed by atoms with Gasteiger partial charge in [0.1, 0.15) is 0 Å². The van der Waals surface area contributed by atoms with E-state index in [1.165, 1.54) is 11.3 Å². The minimum atomic E-state index is 0.544. The molecule has 1 saturated carbocycles. The summed E-state index contributed by atoms with van der Waals surface area (Å²) >= 11 is 5.29. The number of hydrazone groups is 1. The van der Waals surface area contributed by atoms with Crippen LogP contribution in [0.5, 0.6) is 0 Å². The Morgan fingerprint density at radius 2 is 2.05 bits per heavy atom. The molecule has 2 aliphatic carbocycles. The Kier molecular flexibility index (Phi) is 4.06. The molecule has 1 aromatic rings. The Labute approximate surface area is 131 Å². The van der Waals surface area contributed by atoms with Crippen molar-refractivity contribution < 1.29 is 0 Å². The number of hydrogen-bond acceptors (Lipinski definition) is 2. The van der Waals surface area contributed by atoms with Gasteiger partial charge in [-0.05, 0) is 54.6 Å². The van der Waals surface area contributed by atoms with Gasteiger partial charge in [-0.3, -0.25) is 5.43 Å². The fourth-order valence-electron chi connectivity index (χ4n) is 2.90. The number of nitrogens with one attached hydrogen (secondary N) is 2. The molecule has 4 heteroatoms. The molecule has 0 aromatic heterocycles. The van der Waals surface area contributed by atoms with Crippen LogP contribution in [-0.2, 0) is 0 Å². The van der Waals surface area contributed by atoms with Crippen molar-refractivity contribution in [3.63, 3.8) is 0 Å². The summed E-state index contributed by atoms with van der Waals surface area (Å²) in [6.07, 6.45) is 6.75. The van der Waals surface area contributed by atoms with Gasteiger partial charge < -0.3 is 5.32 Å². The molecule has 3 nitrogen and oxygen atoms in total. The van der Waals surface area contributed by atoms with Gasteiger partial charge in [0.25, 0.3) is 0 Å². The molecule has 1 fully saturated rings. The number of benzene rings is 1. The summed E-state index contributed by atoms with van der Waals surface area (Å²) in [7, 11) is 0. The van der Waals surface area contributed by atoms with E-state index in [0.29, 0.717) is 16.9 Å². The topological polar surface area (TPSA) is 36.4 Å². The van der Waals surface area contributed by atoms with Gasteiger partial charge >= 0.3 is 0 Å². The van der Waals surface area contributed by atoms with Crippen molar-refractivity contribution in [3.05, 3.63) is 42.0 Å². The summed E-state index contributed by atoms with van der Waals surface area (Å²) < 4.78 is 0. The van der Waals surface area contributed by atoms with E-state index in [-0.39, 0.29) is 0 Å². The summed E-state index contributed by atoms with van der Waals surface area (Å²) in [6, 6.07) is 8.36. The lowest BCUT2D eigenvalue weighted by molar-refractivity contribution is 0.463. The predicted molar refractivity (Wildman–Crippen MR) is 92.7 cm³/mol. The highest BCUT2D eigenvalue weighted by atomic mass is 32.1. The summed E-state index contributed by atoms with van der Waals surface area (Å²) in [5, 5.41) is 8.16. The SMILES string of the molecule is CC(C)c1ccc(NC(=S)N/N=C2/C[C@@H]3C=CC[C@@H]23)cc1. The van der Waals surface area contributed by atoms with Crippen LogP contribution in [0.2, 0.25) is 0 Å². The van der Waals surface area contributed by atoms with Gasteiger partial charge in [0.2, 0.25) is 0 Å². The van der Waals surface area contributed by atoms with E-state index in [1.54, 1.807) is 0 Å². The highest BCUT2D eigenvalue weighted by Gasteiger charge is 2.37. The van der Waals surface area contributed by atoms with Gasteiger partial charge in [-0.2, -0.15) is 5.10 Å². The Morgan fingerprint density at radius 1 is 1.29 bits per heavy atom. The van der Waals surface area contributed by atoms with Gasteiger partial charge in [0.05, 0.1) is 0 Å². The first-order chi connectivity index (χ1) is 10.1. The van der Waals surface area contributed by atoms with E-state index >= 15 is 0 Å². The Morgan fingerprint density at radius 3 is 2.71 bits per heavy atom. The lowest BCUT2D eigenvalue weighted by Crippen LogP contribution is -2.36. The van der Waals surface area contributed by atoms with Crippen molar-refractivity contribution in [2.24, 2.45) is 16.9 Å². The number of thiocarbonyl (C=S) groups is 1. The van der Waals surface area contributed by atoms with E-state index in [2.05, 4.69) is 66.1 Å². The molecular weight excluding hydrogens is 278 g/mol. The summed E-state index contributed by atoms with van der Waals surface area (Å²) in [6.45, 7) is 4.38. The zero-order chi connectivity index (χ0) is 14.8. The monoisotopic (exact) mass is 299 g/mol. The largest absolute Gasteiger partial charge is 0.331 e. The second-order valence-corrected chi connectivity index (χ2v) is 6.49. The van der Waals surface area contributed by atoms with Crippen molar-refractivity contribution >= 4 is 28.7 Å². The van der Waals surface area contributed by atoms with E-state index in [9.17, 15) is 0 Å². The van der Waals surface area contributed by atoms with Crippen molar-refractivity contribution in [1.82, 2.24) is 5.43 Å². The van der Waals surface area contributed by atoms with Crippen molar-refractivity contribution in [3.8, 4) is 0 Å². The van der Waals surface area contributed by atoms with E-state index in [4.69, 9.17) is 12.2 Å². The number of nitrogens with zero attached hydrogens (tertiary/aromatic N) is 1. The highest BCUT2D eigenvalue weighted by Crippen LogP contribution is 2.40. The van der Waals surface area contributed by atoms with Crippen LogP contribution in [0.1, 0.15) is 38.2 Å². The maximum Gasteiger partial charge on any atom is 0.191 e. The van der Waals surface area contributed by atoms with Crippen LogP contribution in [0.25, 0.3) is 0 Å². The van der Waals surface area contributed by atoms with Crippen LogP contribution >= 0.6 is 12.2 Å². The van der Waals surface area contributed by atoms with E-state index in [1.807, 2.05) is 0 Å². The molecule has 0 heterocycles. The van der Waals surface area contributed by atoms with Gasteiger partial charge in [-0.1, -0.05) is 38.1 Å². The molecule has 0 radical (unpaired) electrons. The molecule has 21 heavy (non-hydrogen) atoms. The van der Waals surface area contributed by atoms with Crippen molar-refractivity contribution in [1.29, 1.82) is 0 Å². The Balaban J connectivity index is 1.51. The molecule has 0 amide bonds. The fourth-order valence-corrected chi connectivity index (χ4v) is 3.06. The van der Waals surface area contributed by atoms with Crippen LogP contribution in [0, 0.1) is 11.8 Å². The zero-order valence-corrected chi connectivity index (χ0v) is 13.3. The molecule has 3 rings (SSSR count). The van der Waals surface area contributed by atoms with Gasteiger partial charge in [0.15, 0.2) is 5.11 Å². The number of fused-ring (bicyclic) bond motifs is 1. The average Bonchev–Trinajstić information content (AvgIpc) is 2.81. The van der Waals surface area contributed by atoms with Crippen LogP contribution in [-0.4, -0.2) is 10.8 Å². The first-order valence-electron chi connectivity index (χ1n) is 7.53. The normalized spacial score (nSPS) is 24.8. The van der Waals surface area contributed by atoms with Crippen molar-refractivity contribution in [2.75, 3.05) is 5.32 Å². The van der Waals surface area contributed by atoms with Gasteiger partial charge in [-0.25, -0.2) is 0 Å². The van der Waals surface area contributed by atoms with Gasteiger partial charge in [0, 0.05) is 17.3 Å². The lowest BCUT2D eigenvalue weighted by atomic mass is 9.74. The summed E-state index contributed by atoms with van der Waals surface area (Å²) in [4.78, 5) is 0. The van der Waals surface area contributed by atoms with E-state index in [0.717, 1.165) is 24.4 Å². The third-order valence-electron chi connectivity index (χ3n) is 4.30. The van der Waals surface area contributed by atoms with Crippen LogP contribution in [0.15, 0.2) is 41.5 Å². The second-order valence-electron chi connectivity index (χ2n) is 6.08. The minimum Gasteiger partial charge on any atom is -0.331 e. The summed E-state index contributed by atoms with van der Waals surface area (Å²) in [5.74, 6) is 1.88. The third-order valence-corrected chi connectivity index (χ3v) is 4.49. The molecule has 0 saturated heterocycles. The average molecular weight is 299 g/mol. The molecule has 110 valence electrons. The second kappa shape index (κ2) is 5.98. The smallest absolute Gasteiger partial charge is 0.191 e. The molecule has 2 atom stereocenters. The number of anilines is 1. The quantitative estimate of drug-likeness (QED) is 0.502. The Bertz CT molecular complexity index is 587. The highest BCUT2D eigenvalue weighted by molar-refractivity contribution is 7.80. The van der Waals surface area contributed by atoms with Crippen LogP contribution in [0.3, 0.4) is 0 Å². The van der Waals surface area contributed by atoms with Crippen LogP contribution in [0.4, 0.5) is 5.69 Å². The van der Waals surface area contributed by atoms with Gasteiger partial charge in [-0.15, -0.1) is 0 Å². The molecule has 0 unspecified atom stereocenters. The lowest BCUT2D eigenvalue weighted by Gasteiger charge is -2.31. The van der Waals surface area contributed by atoms with Crippen LogP contribution < -0.4 is 10.7 Å². The minimum absolute atomic E-state index is 0.544. The molecule has 0 spiro atoms. The van der Waals surface area contributed by atoms with E-state index < -0.39 is 0 Å². The molecule has 2 aliphatic rings. The number of hydrogen-bond donors (Lipinski definition) is 2. The third kappa shape index (κ3) is 3.16. The molecular formula is C17H21N3S. The maximum absolute atomic E-state index is 5.29. The predicted octanol–water partition coefficient (Wildman–Crippen LogP) is 4.05. The number of rotatable bonds is 3. The van der Waals surface area contributed by atoms with Crippen molar-refractivity contribution in [2.45, 2.75) is 32.6 Å². The summed E-state index contributed by atoms with van der Waals surface area (Å²) in [5.41, 5.74) is 6.52. The Hall–Kier alpha value is -1.68. The molecule has 2 N–H and O–H groups in total. The zero-order valence-electron chi connectivity index (χ0n) is 12.5. The molecule has 1 aromatic carbocycles. The maximum atomic E-state index is 5.29. The first kappa shape index (κ1) is 14.3. The molecule has 0 bridgehead atoms. The standard InChI is InChI=1S/C17H21N3S/c1-11(2)12-6-8-14(9-7-12)18-17(21)20-19-16-10-13-4-3-5-15(13)16/h3-4,6-9,11,13,15H,5,10H2,1-2H3,(H2,18,20,21)/b19-16-/t13-,15+/m0/s1. The molecule has 0 aliphatic heterocycles. The number of allylic oxidation sites excluding steroid dienone is 2. The fraction of sp³-hybridized carbons (Fsp3) is 0.412.